The molecule has 2 nitrogen and oxygen atoms in total. The van der Waals surface area contributed by atoms with Gasteiger partial charge >= 0.3 is 0 Å². The molecule has 0 aromatic heterocycles. The normalized spacial score (nSPS) is 34.2. The first-order chi connectivity index (χ1) is 10.3. The Morgan fingerprint density at radius 3 is 2.81 bits per heavy atom. The Morgan fingerprint density at radius 1 is 1.24 bits per heavy atom. The molecule has 1 N–H and O–H groups in total. The molecule has 3 heteroatoms. The van der Waals surface area contributed by atoms with Gasteiger partial charge in [-0.05, 0) is 31.1 Å². The number of benzene rings is 1. The Labute approximate surface area is 133 Å². The van der Waals surface area contributed by atoms with E-state index in [0.29, 0.717) is 12.1 Å². The molecule has 0 spiro atoms. The van der Waals surface area contributed by atoms with E-state index in [4.69, 9.17) is 0 Å². The highest BCUT2D eigenvalue weighted by molar-refractivity contribution is 7.99. The minimum absolute atomic E-state index is 0.496. The second-order valence-corrected chi connectivity index (χ2v) is 7.93. The molecule has 4 atom stereocenters. The maximum atomic E-state index is 3.74. The van der Waals surface area contributed by atoms with Gasteiger partial charge in [0.15, 0.2) is 0 Å². The van der Waals surface area contributed by atoms with Gasteiger partial charge in [0, 0.05) is 36.5 Å². The fraction of sp³-hybridized carbons (Fsp3) is 0.667. The van der Waals surface area contributed by atoms with Crippen molar-refractivity contribution in [1.29, 1.82) is 0 Å². The lowest BCUT2D eigenvalue weighted by molar-refractivity contribution is 0.0954. The van der Waals surface area contributed by atoms with Crippen LogP contribution in [0.3, 0.4) is 0 Å². The summed E-state index contributed by atoms with van der Waals surface area (Å²) < 4.78 is 0. The van der Waals surface area contributed by atoms with Crippen molar-refractivity contribution in [1.82, 2.24) is 10.2 Å². The molecular formula is C18H28N2S. The van der Waals surface area contributed by atoms with Crippen LogP contribution >= 0.6 is 11.8 Å². The average molecular weight is 305 g/mol. The van der Waals surface area contributed by atoms with Crippen LogP contribution < -0.4 is 5.32 Å². The molecule has 1 aromatic carbocycles. The summed E-state index contributed by atoms with van der Waals surface area (Å²) in [7, 11) is 0. The van der Waals surface area contributed by atoms with Gasteiger partial charge < -0.3 is 5.32 Å². The summed E-state index contributed by atoms with van der Waals surface area (Å²) in [6, 6.07) is 12.9. The summed E-state index contributed by atoms with van der Waals surface area (Å²) in [5.74, 6) is 1.25. The van der Waals surface area contributed by atoms with Crippen LogP contribution in [0.2, 0.25) is 0 Å². The van der Waals surface area contributed by atoms with E-state index in [9.17, 15) is 0 Å². The smallest absolute Gasteiger partial charge is 0.0450 e. The van der Waals surface area contributed by atoms with Crippen LogP contribution in [-0.4, -0.2) is 41.1 Å². The Hall–Kier alpha value is -0.510. The fourth-order valence-corrected chi connectivity index (χ4v) is 5.23. The Bertz CT molecular complexity index is 436. The van der Waals surface area contributed by atoms with E-state index in [-0.39, 0.29) is 0 Å². The van der Waals surface area contributed by atoms with Crippen molar-refractivity contribution in [2.45, 2.75) is 56.5 Å². The molecule has 1 aliphatic heterocycles. The average Bonchev–Trinajstić information content (AvgIpc) is 2.97. The van der Waals surface area contributed by atoms with Crippen LogP contribution in [0.25, 0.3) is 0 Å². The zero-order valence-electron chi connectivity index (χ0n) is 13.3. The van der Waals surface area contributed by atoms with Gasteiger partial charge in [0.1, 0.15) is 0 Å². The lowest BCUT2D eigenvalue weighted by Gasteiger charge is -2.44. The van der Waals surface area contributed by atoms with Crippen LogP contribution in [0, 0.1) is 0 Å². The number of hydrogen-bond acceptors (Lipinski definition) is 3. The summed E-state index contributed by atoms with van der Waals surface area (Å²) in [5, 5.41) is 4.59. The Balaban J connectivity index is 1.71. The molecule has 1 heterocycles. The molecule has 0 bridgehead atoms. The van der Waals surface area contributed by atoms with E-state index < -0.39 is 0 Å². The molecule has 1 saturated carbocycles. The highest BCUT2D eigenvalue weighted by Crippen LogP contribution is 2.36. The zero-order chi connectivity index (χ0) is 14.7. The van der Waals surface area contributed by atoms with Crippen LogP contribution in [0.1, 0.15) is 44.7 Å². The van der Waals surface area contributed by atoms with Crippen molar-refractivity contribution < 1.29 is 0 Å². The lowest BCUT2D eigenvalue weighted by atomic mass is 10.00. The zero-order valence-corrected chi connectivity index (χ0v) is 14.1. The maximum Gasteiger partial charge on any atom is 0.0450 e. The second-order valence-electron chi connectivity index (χ2n) is 6.41. The first kappa shape index (κ1) is 15.4. The molecule has 0 amide bonds. The van der Waals surface area contributed by atoms with Crippen molar-refractivity contribution in [3.63, 3.8) is 0 Å². The second kappa shape index (κ2) is 7.17. The highest BCUT2D eigenvalue weighted by Gasteiger charge is 2.37. The van der Waals surface area contributed by atoms with Crippen LogP contribution in [0.4, 0.5) is 0 Å². The van der Waals surface area contributed by atoms with E-state index in [1.807, 2.05) is 0 Å². The van der Waals surface area contributed by atoms with Gasteiger partial charge in [0.2, 0.25) is 0 Å². The molecule has 0 radical (unpaired) electrons. The standard InChI is InChI=1S/C18H28N2S/c1-3-21-18-11-7-10-17(18)20-13-16(19-12-14(20)2)15-8-5-4-6-9-15/h4-6,8-9,14,16-19H,3,7,10-13H2,1-2H3. The Morgan fingerprint density at radius 2 is 2.05 bits per heavy atom. The first-order valence-corrected chi connectivity index (χ1v) is 9.50. The third-order valence-electron chi connectivity index (χ3n) is 5.05. The number of hydrogen-bond donors (Lipinski definition) is 1. The number of piperazine rings is 1. The number of nitrogens with one attached hydrogen (secondary N) is 1. The topological polar surface area (TPSA) is 15.3 Å². The molecule has 21 heavy (non-hydrogen) atoms. The van der Waals surface area contributed by atoms with Crippen molar-refractivity contribution in [3.8, 4) is 0 Å². The number of thioether (sulfide) groups is 1. The number of nitrogens with zero attached hydrogens (tertiary/aromatic N) is 1. The van der Waals surface area contributed by atoms with Gasteiger partial charge in [-0.15, -0.1) is 0 Å². The molecule has 3 rings (SSSR count). The molecule has 1 aliphatic carbocycles. The summed E-state index contributed by atoms with van der Waals surface area (Å²) in [4.78, 5) is 2.80. The van der Waals surface area contributed by atoms with E-state index in [1.165, 1.54) is 30.6 Å². The van der Waals surface area contributed by atoms with Gasteiger partial charge in [-0.2, -0.15) is 11.8 Å². The van der Waals surface area contributed by atoms with Crippen LogP contribution in [-0.2, 0) is 0 Å². The summed E-state index contributed by atoms with van der Waals surface area (Å²) >= 11 is 2.18. The largest absolute Gasteiger partial charge is 0.307 e. The molecule has 2 fully saturated rings. The molecular weight excluding hydrogens is 276 g/mol. The quantitative estimate of drug-likeness (QED) is 0.913. The van der Waals surface area contributed by atoms with E-state index in [0.717, 1.165) is 24.4 Å². The van der Waals surface area contributed by atoms with Gasteiger partial charge in [-0.25, -0.2) is 0 Å². The summed E-state index contributed by atoms with van der Waals surface area (Å²) in [6.07, 6.45) is 4.22. The van der Waals surface area contributed by atoms with Gasteiger partial charge in [-0.3, -0.25) is 4.90 Å². The van der Waals surface area contributed by atoms with Crippen LogP contribution in [0.5, 0.6) is 0 Å². The van der Waals surface area contributed by atoms with Crippen LogP contribution in [0.15, 0.2) is 30.3 Å². The Kier molecular flexibility index (Phi) is 5.25. The number of rotatable bonds is 4. The molecule has 1 aromatic rings. The lowest BCUT2D eigenvalue weighted by Crippen LogP contribution is -2.56. The molecule has 1 saturated heterocycles. The van der Waals surface area contributed by atoms with Crippen molar-refractivity contribution in [3.05, 3.63) is 35.9 Å². The maximum absolute atomic E-state index is 3.74. The summed E-state index contributed by atoms with van der Waals surface area (Å²) in [6.45, 7) is 6.96. The third-order valence-corrected chi connectivity index (χ3v) is 6.36. The highest BCUT2D eigenvalue weighted by atomic mass is 32.2. The van der Waals surface area contributed by atoms with Gasteiger partial charge in [-0.1, -0.05) is 43.7 Å². The minimum atomic E-state index is 0.496. The van der Waals surface area contributed by atoms with Gasteiger partial charge in [0.05, 0.1) is 0 Å². The predicted octanol–water partition coefficient (Wildman–Crippen LogP) is 3.70. The fourth-order valence-electron chi connectivity index (χ4n) is 3.95. The van der Waals surface area contributed by atoms with E-state index in [1.54, 1.807) is 0 Å². The van der Waals surface area contributed by atoms with Gasteiger partial charge in [0.25, 0.3) is 0 Å². The monoisotopic (exact) mass is 304 g/mol. The predicted molar refractivity (Wildman–Crippen MR) is 92.9 cm³/mol. The molecule has 116 valence electrons. The first-order valence-electron chi connectivity index (χ1n) is 8.45. The minimum Gasteiger partial charge on any atom is -0.307 e. The van der Waals surface area contributed by atoms with Crippen molar-refractivity contribution in [2.24, 2.45) is 0 Å². The van der Waals surface area contributed by atoms with Crippen molar-refractivity contribution in [2.75, 3.05) is 18.8 Å². The van der Waals surface area contributed by atoms with E-state index in [2.05, 4.69) is 66.2 Å². The SMILES string of the molecule is CCSC1CCCC1N1CC(c2ccccc2)NCC1C. The van der Waals surface area contributed by atoms with E-state index >= 15 is 0 Å². The third kappa shape index (κ3) is 3.46. The molecule has 2 aliphatic rings. The molecule has 4 unspecified atom stereocenters. The van der Waals surface area contributed by atoms with Crippen molar-refractivity contribution >= 4 is 11.8 Å². The summed E-state index contributed by atoms with van der Waals surface area (Å²) in [5.41, 5.74) is 1.44.